The topological polar surface area (TPSA) is 94.1 Å². The van der Waals surface area contributed by atoms with E-state index in [1.54, 1.807) is 0 Å². The number of aromatic nitrogens is 2. The molecule has 0 radical (unpaired) electrons. The van der Waals surface area contributed by atoms with E-state index in [0.717, 1.165) is 34.9 Å². The Kier molecular flexibility index (Phi) is 6.18. The second-order valence-corrected chi connectivity index (χ2v) is 7.90. The molecule has 3 N–H and O–H groups in total. The minimum atomic E-state index is -0.533. The van der Waals surface area contributed by atoms with Crippen LogP contribution < -0.4 is 5.73 Å². The molecule has 0 saturated carbocycles. The molecule has 0 amide bonds. The summed E-state index contributed by atoms with van der Waals surface area (Å²) in [5.74, 6) is 0.624. The largest absolute Gasteiger partial charge is 0.456 e. The molecule has 6 heteroatoms. The number of carbonyl (C=O) groups is 1. The Hall–Kier alpha value is -3.38. The first-order chi connectivity index (χ1) is 15.1. The molecule has 4 rings (SSSR count). The fourth-order valence-electron chi connectivity index (χ4n) is 3.57. The minimum absolute atomic E-state index is 0.148. The van der Waals surface area contributed by atoms with Crippen LogP contribution in [-0.2, 0) is 11.3 Å². The molecule has 6 nitrogen and oxygen atoms in total. The lowest BCUT2D eigenvalue weighted by Gasteiger charge is -2.12. The number of oxazole rings is 1. The highest BCUT2D eigenvalue weighted by Crippen LogP contribution is 2.34. The number of hydrogen-bond donors (Lipinski definition) is 2. The first-order valence-electron chi connectivity index (χ1n) is 10.6. The van der Waals surface area contributed by atoms with Gasteiger partial charge in [-0.05, 0) is 24.0 Å². The summed E-state index contributed by atoms with van der Waals surface area (Å²) >= 11 is 0. The van der Waals surface area contributed by atoms with Gasteiger partial charge in [0.15, 0.2) is 11.5 Å². The number of para-hydroxylation sites is 1. The van der Waals surface area contributed by atoms with E-state index >= 15 is 0 Å². The summed E-state index contributed by atoms with van der Waals surface area (Å²) in [6, 6.07) is 17.0. The lowest BCUT2D eigenvalue weighted by Crippen LogP contribution is -2.15. The number of H-pyrrole nitrogens is 1. The number of hydrogen-bond acceptors (Lipinski definition) is 5. The van der Waals surface area contributed by atoms with Crippen LogP contribution in [0.2, 0.25) is 0 Å². The zero-order valence-electron chi connectivity index (χ0n) is 17.8. The highest BCUT2D eigenvalue weighted by Gasteiger charge is 2.27. The molecule has 0 spiro atoms. The molecule has 160 valence electrons. The van der Waals surface area contributed by atoms with Gasteiger partial charge in [0.2, 0.25) is 5.89 Å². The Labute approximate surface area is 181 Å². The van der Waals surface area contributed by atoms with Crippen LogP contribution in [0.3, 0.4) is 0 Å². The van der Waals surface area contributed by atoms with Crippen molar-refractivity contribution in [2.24, 2.45) is 11.7 Å². The summed E-state index contributed by atoms with van der Waals surface area (Å²) in [5, 5.41) is 0.942. The standard InChI is InChI=1S/C25H27N3O3/c1-3-16(2)13-20(26)24-28-22(25(29)30-15-17-9-5-4-6-10-17)23(31-24)19-14-27-21-12-8-7-11-18(19)21/h4-12,14,16,20,27H,3,13,15,26H2,1-2H3. The highest BCUT2D eigenvalue weighted by molar-refractivity contribution is 6.01. The molecule has 2 aromatic carbocycles. The second-order valence-electron chi connectivity index (χ2n) is 7.90. The molecule has 2 atom stereocenters. The molecule has 2 aromatic heterocycles. The van der Waals surface area contributed by atoms with Crippen molar-refractivity contribution in [1.82, 2.24) is 9.97 Å². The number of rotatable bonds is 8. The zero-order chi connectivity index (χ0) is 21.8. The van der Waals surface area contributed by atoms with Crippen molar-refractivity contribution in [3.05, 3.63) is 77.9 Å². The van der Waals surface area contributed by atoms with Crippen LogP contribution in [0.5, 0.6) is 0 Å². The van der Waals surface area contributed by atoms with Crippen LogP contribution in [0.25, 0.3) is 22.2 Å². The molecule has 4 aromatic rings. The van der Waals surface area contributed by atoms with Crippen LogP contribution >= 0.6 is 0 Å². The smallest absolute Gasteiger partial charge is 0.361 e. The van der Waals surface area contributed by atoms with E-state index in [0.29, 0.717) is 17.6 Å². The number of ether oxygens (including phenoxy) is 1. The fraction of sp³-hybridized carbons (Fsp3) is 0.280. The van der Waals surface area contributed by atoms with E-state index in [1.807, 2.05) is 60.8 Å². The van der Waals surface area contributed by atoms with E-state index in [4.69, 9.17) is 14.9 Å². The van der Waals surface area contributed by atoms with Crippen molar-refractivity contribution < 1.29 is 13.9 Å². The van der Waals surface area contributed by atoms with Crippen LogP contribution in [0.4, 0.5) is 0 Å². The molecule has 2 heterocycles. The van der Waals surface area contributed by atoms with Crippen molar-refractivity contribution in [3.63, 3.8) is 0 Å². The maximum atomic E-state index is 13.0. The van der Waals surface area contributed by atoms with Gasteiger partial charge in [0, 0.05) is 22.7 Å². The predicted octanol–water partition coefficient (Wildman–Crippen LogP) is 5.62. The van der Waals surface area contributed by atoms with Gasteiger partial charge in [-0.3, -0.25) is 0 Å². The molecule has 0 bridgehead atoms. The van der Waals surface area contributed by atoms with Crippen molar-refractivity contribution in [1.29, 1.82) is 0 Å². The average Bonchev–Trinajstić information content (AvgIpc) is 3.42. The van der Waals surface area contributed by atoms with Gasteiger partial charge in [0.1, 0.15) is 6.61 Å². The Morgan fingerprint density at radius 1 is 1.16 bits per heavy atom. The normalized spacial score (nSPS) is 13.3. The van der Waals surface area contributed by atoms with Gasteiger partial charge in [0.05, 0.1) is 6.04 Å². The molecule has 0 fully saturated rings. The van der Waals surface area contributed by atoms with Gasteiger partial charge in [-0.25, -0.2) is 9.78 Å². The Balaban J connectivity index is 1.69. The summed E-state index contributed by atoms with van der Waals surface area (Å²) in [5.41, 5.74) is 9.13. The SMILES string of the molecule is CCC(C)CC(N)c1nc(C(=O)OCc2ccccc2)c(-c2c[nH]c3ccccc23)o1. The summed E-state index contributed by atoms with van der Waals surface area (Å²) in [7, 11) is 0. The first-order valence-corrected chi connectivity index (χ1v) is 10.6. The number of esters is 1. The number of nitrogens with zero attached hydrogens (tertiary/aromatic N) is 1. The van der Waals surface area contributed by atoms with Gasteiger partial charge < -0.3 is 19.9 Å². The maximum Gasteiger partial charge on any atom is 0.361 e. The van der Waals surface area contributed by atoms with Gasteiger partial charge in [-0.15, -0.1) is 0 Å². The van der Waals surface area contributed by atoms with E-state index < -0.39 is 12.0 Å². The van der Waals surface area contributed by atoms with Crippen LogP contribution in [0.15, 0.2) is 65.2 Å². The van der Waals surface area contributed by atoms with Crippen LogP contribution in [-0.4, -0.2) is 15.9 Å². The van der Waals surface area contributed by atoms with E-state index in [2.05, 4.69) is 23.8 Å². The third-order valence-corrected chi connectivity index (χ3v) is 5.55. The third kappa shape index (κ3) is 4.54. The van der Waals surface area contributed by atoms with Gasteiger partial charge in [-0.2, -0.15) is 0 Å². The molecule has 2 unspecified atom stereocenters. The van der Waals surface area contributed by atoms with Crippen molar-refractivity contribution in [2.45, 2.75) is 39.3 Å². The lowest BCUT2D eigenvalue weighted by atomic mass is 10.00. The Morgan fingerprint density at radius 2 is 1.90 bits per heavy atom. The van der Waals surface area contributed by atoms with Crippen molar-refractivity contribution in [2.75, 3.05) is 0 Å². The Morgan fingerprint density at radius 3 is 2.68 bits per heavy atom. The van der Waals surface area contributed by atoms with Crippen molar-refractivity contribution >= 4 is 16.9 Å². The summed E-state index contributed by atoms with van der Waals surface area (Å²) in [4.78, 5) is 20.7. The number of fused-ring (bicyclic) bond motifs is 1. The van der Waals surface area contributed by atoms with E-state index in [1.165, 1.54) is 0 Å². The number of benzene rings is 2. The molecular weight excluding hydrogens is 390 g/mol. The summed E-state index contributed by atoms with van der Waals surface area (Å²) < 4.78 is 11.6. The van der Waals surface area contributed by atoms with Crippen LogP contribution in [0.1, 0.15) is 54.7 Å². The monoisotopic (exact) mass is 417 g/mol. The highest BCUT2D eigenvalue weighted by atomic mass is 16.5. The quantitative estimate of drug-likeness (QED) is 0.363. The minimum Gasteiger partial charge on any atom is -0.456 e. The summed E-state index contributed by atoms with van der Waals surface area (Å²) in [6.07, 6.45) is 3.56. The average molecular weight is 418 g/mol. The Bertz CT molecular complexity index is 1160. The van der Waals surface area contributed by atoms with Gasteiger partial charge >= 0.3 is 5.97 Å². The molecule has 0 saturated heterocycles. The van der Waals surface area contributed by atoms with Gasteiger partial charge in [0.25, 0.3) is 0 Å². The van der Waals surface area contributed by atoms with E-state index in [9.17, 15) is 4.79 Å². The maximum absolute atomic E-state index is 13.0. The van der Waals surface area contributed by atoms with E-state index in [-0.39, 0.29) is 12.3 Å². The molecule has 0 aliphatic carbocycles. The van der Waals surface area contributed by atoms with Crippen LogP contribution in [0, 0.1) is 5.92 Å². The summed E-state index contributed by atoms with van der Waals surface area (Å²) in [6.45, 7) is 4.42. The number of nitrogens with one attached hydrogen (secondary N) is 1. The lowest BCUT2D eigenvalue weighted by molar-refractivity contribution is 0.0467. The first kappa shape index (κ1) is 20.9. The molecular formula is C25H27N3O3. The predicted molar refractivity (Wildman–Crippen MR) is 120 cm³/mol. The van der Waals surface area contributed by atoms with Crippen molar-refractivity contribution in [3.8, 4) is 11.3 Å². The number of carbonyl (C=O) groups excluding carboxylic acids is 1. The second kappa shape index (κ2) is 9.18. The zero-order valence-corrected chi connectivity index (χ0v) is 17.8. The third-order valence-electron chi connectivity index (χ3n) is 5.55. The number of aromatic amines is 1. The number of nitrogens with two attached hydrogens (primary N) is 1. The molecule has 31 heavy (non-hydrogen) atoms. The molecule has 0 aliphatic rings. The van der Waals surface area contributed by atoms with Gasteiger partial charge in [-0.1, -0.05) is 68.8 Å². The molecule has 0 aliphatic heterocycles. The fourth-order valence-corrected chi connectivity index (χ4v) is 3.57.